The van der Waals surface area contributed by atoms with E-state index in [4.69, 9.17) is 0 Å². The molecule has 0 bridgehead atoms. The summed E-state index contributed by atoms with van der Waals surface area (Å²) in [6.45, 7) is 5.54. The molecule has 1 aliphatic rings. The number of amides is 1. The van der Waals surface area contributed by atoms with Crippen LogP contribution in [0.25, 0.3) is 11.0 Å². The molecule has 1 fully saturated rings. The normalized spacial score (nSPS) is 16.1. The molecule has 1 saturated heterocycles. The van der Waals surface area contributed by atoms with Crippen molar-refractivity contribution < 1.29 is 13.2 Å². The first kappa shape index (κ1) is 24.1. The van der Waals surface area contributed by atoms with Crippen molar-refractivity contribution in [2.45, 2.75) is 44.0 Å². The Kier molecular flexibility index (Phi) is 6.85. The summed E-state index contributed by atoms with van der Waals surface area (Å²) < 4.78 is 30.5. The van der Waals surface area contributed by atoms with Crippen molar-refractivity contribution in [1.29, 1.82) is 0 Å². The third-order valence-electron chi connectivity index (χ3n) is 6.58. The van der Waals surface area contributed by atoms with Gasteiger partial charge in [-0.15, -0.1) is 0 Å². The van der Waals surface area contributed by atoms with Crippen LogP contribution < -0.4 is 5.56 Å². The molecule has 1 amide bonds. The van der Waals surface area contributed by atoms with E-state index in [-0.39, 0.29) is 42.4 Å². The van der Waals surface area contributed by atoms with Crippen molar-refractivity contribution in [2.75, 3.05) is 26.2 Å². The third kappa shape index (κ3) is 4.62. The van der Waals surface area contributed by atoms with E-state index in [2.05, 4.69) is 23.9 Å². The van der Waals surface area contributed by atoms with E-state index < -0.39 is 10.0 Å². The van der Waals surface area contributed by atoms with Crippen molar-refractivity contribution in [2.24, 2.45) is 7.05 Å². The maximum Gasteiger partial charge on any atom is 0.264 e. The van der Waals surface area contributed by atoms with Crippen molar-refractivity contribution in [3.8, 4) is 0 Å². The molecule has 1 aromatic carbocycles. The van der Waals surface area contributed by atoms with Gasteiger partial charge in [0.05, 0.1) is 17.4 Å². The molecule has 0 spiro atoms. The molecule has 2 aromatic heterocycles. The van der Waals surface area contributed by atoms with E-state index in [1.165, 1.54) is 26.1 Å². The van der Waals surface area contributed by atoms with E-state index in [1.54, 1.807) is 24.1 Å². The lowest BCUT2D eigenvalue weighted by Crippen LogP contribution is -2.50. The number of rotatable bonds is 7. The maximum atomic E-state index is 13.0. The summed E-state index contributed by atoms with van der Waals surface area (Å²) in [5.74, 6) is 0.261. The zero-order chi connectivity index (χ0) is 24.5. The molecule has 3 aromatic rings. The van der Waals surface area contributed by atoms with E-state index >= 15 is 0 Å². The molecule has 4 rings (SSSR count). The average molecular weight is 487 g/mol. The summed E-state index contributed by atoms with van der Waals surface area (Å²) in [4.78, 5) is 31.4. The lowest BCUT2D eigenvalue weighted by molar-refractivity contribution is -0.132. The summed E-state index contributed by atoms with van der Waals surface area (Å²) >= 11 is 0. The zero-order valence-electron chi connectivity index (χ0n) is 19.7. The summed E-state index contributed by atoms with van der Waals surface area (Å²) in [5, 5.41) is 4.45. The van der Waals surface area contributed by atoms with Crippen LogP contribution in [-0.4, -0.2) is 69.0 Å². The fraction of sp³-hybridized carbons (Fsp3) is 0.478. The highest BCUT2D eigenvalue weighted by molar-refractivity contribution is 7.89. The van der Waals surface area contributed by atoms with E-state index in [1.807, 2.05) is 12.1 Å². The van der Waals surface area contributed by atoms with E-state index in [9.17, 15) is 18.0 Å². The highest BCUT2D eigenvalue weighted by atomic mass is 32.2. The average Bonchev–Trinajstić information content (AvgIpc) is 3.24. The van der Waals surface area contributed by atoms with Crippen molar-refractivity contribution in [3.63, 3.8) is 0 Å². The number of benzene rings is 1. The number of carbonyl (C=O) groups excluding carboxylic acids is 1. The maximum absolute atomic E-state index is 13.0. The van der Waals surface area contributed by atoms with E-state index in [0.717, 1.165) is 12.0 Å². The van der Waals surface area contributed by atoms with E-state index in [0.29, 0.717) is 30.0 Å². The molecule has 0 aliphatic carbocycles. The second-order valence-electron chi connectivity index (χ2n) is 8.66. The summed E-state index contributed by atoms with van der Waals surface area (Å²) in [7, 11) is -1.89. The first-order valence-electron chi connectivity index (χ1n) is 11.5. The number of piperazine rings is 1. The van der Waals surface area contributed by atoms with Gasteiger partial charge in [0.15, 0.2) is 5.65 Å². The van der Waals surface area contributed by atoms with Gasteiger partial charge < -0.3 is 4.90 Å². The quantitative estimate of drug-likeness (QED) is 0.501. The monoisotopic (exact) mass is 486 g/mol. The standard InChI is InChI=1S/C23H30N6O4S/c1-4-17(2)18-5-7-19(8-6-18)34(32,33)29-13-11-27(12-14-29)21(30)9-10-28-16-24-22-20(23(28)31)15-25-26(22)3/h5-8,15-17H,4,9-14H2,1-3H3/t17-/m0/s1. The molecular weight excluding hydrogens is 456 g/mol. The predicted octanol–water partition coefficient (Wildman–Crippen LogP) is 1.57. The Balaban J connectivity index is 1.34. The van der Waals surface area contributed by atoms with Gasteiger partial charge in [-0.2, -0.15) is 9.40 Å². The minimum Gasteiger partial charge on any atom is -0.340 e. The van der Waals surface area contributed by atoms with Crippen LogP contribution in [0.4, 0.5) is 0 Å². The molecule has 10 nitrogen and oxygen atoms in total. The molecule has 0 radical (unpaired) electrons. The fourth-order valence-electron chi connectivity index (χ4n) is 4.13. The minimum atomic E-state index is -3.61. The predicted molar refractivity (Wildman–Crippen MR) is 128 cm³/mol. The highest BCUT2D eigenvalue weighted by Gasteiger charge is 2.30. The molecule has 1 aliphatic heterocycles. The van der Waals surface area contributed by atoms with Gasteiger partial charge in [-0.1, -0.05) is 26.0 Å². The van der Waals surface area contributed by atoms with Crippen molar-refractivity contribution in [3.05, 3.63) is 52.7 Å². The lowest BCUT2D eigenvalue weighted by Gasteiger charge is -2.34. The van der Waals surface area contributed by atoms with Crippen LogP contribution in [0.3, 0.4) is 0 Å². The van der Waals surface area contributed by atoms with Crippen LogP contribution in [0, 0.1) is 0 Å². The molecule has 3 heterocycles. The van der Waals surface area contributed by atoms with Crippen LogP contribution in [0.1, 0.15) is 38.2 Å². The first-order valence-corrected chi connectivity index (χ1v) is 12.9. The Labute approximate surface area is 198 Å². The molecule has 11 heteroatoms. The van der Waals surface area contributed by atoms with Gasteiger partial charge in [-0.3, -0.25) is 18.8 Å². The highest BCUT2D eigenvalue weighted by Crippen LogP contribution is 2.23. The van der Waals surface area contributed by atoms with Gasteiger partial charge in [0.1, 0.15) is 5.39 Å². The van der Waals surface area contributed by atoms with Crippen LogP contribution in [0.15, 0.2) is 46.5 Å². The first-order chi connectivity index (χ1) is 16.2. The van der Waals surface area contributed by atoms with Gasteiger partial charge in [0.2, 0.25) is 15.9 Å². The Bertz CT molecular complexity index is 1340. The number of carbonyl (C=O) groups is 1. The number of hydrogen-bond donors (Lipinski definition) is 0. The molecule has 34 heavy (non-hydrogen) atoms. The topological polar surface area (TPSA) is 110 Å². The molecular formula is C23H30N6O4S. The van der Waals surface area contributed by atoms with Crippen LogP contribution in [-0.2, 0) is 28.4 Å². The Morgan fingerprint density at radius 2 is 1.79 bits per heavy atom. The molecule has 1 atom stereocenters. The Morgan fingerprint density at radius 1 is 1.12 bits per heavy atom. The van der Waals surface area contributed by atoms with Gasteiger partial charge in [-0.05, 0) is 30.0 Å². The largest absolute Gasteiger partial charge is 0.340 e. The number of fused-ring (bicyclic) bond motifs is 1. The van der Waals surface area contributed by atoms with Crippen LogP contribution >= 0.6 is 0 Å². The molecule has 0 unspecified atom stereocenters. The summed E-state index contributed by atoms with van der Waals surface area (Å²) in [6.07, 6.45) is 4.03. The number of aromatic nitrogens is 4. The number of nitrogens with zero attached hydrogens (tertiary/aromatic N) is 6. The van der Waals surface area contributed by atoms with Crippen LogP contribution in [0.5, 0.6) is 0 Å². The van der Waals surface area contributed by atoms with Gasteiger partial charge in [0, 0.05) is 46.2 Å². The van der Waals surface area contributed by atoms with Gasteiger partial charge in [0.25, 0.3) is 5.56 Å². The minimum absolute atomic E-state index is 0.117. The zero-order valence-corrected chi connectivity index (χ0v) is 20.5. The fourth-order valence-corrected chi connectivity index (χ4v) is 5.55. The lowest BCUT2D eigenvalue weighted by atomic mass is 9.99. The van der Waals surface area contributed by atoms with Crippen LogP contribution in [0.2, 0.25) is 0 Å². The van der Waals surface area contributed by atoms with Gasteiger partial charge >= 0.3 is 0 Å². The number of aryl methyl sites for hydroxylation is 2. The van der Waals surface area contributed by atoms with Crippen molar-refractivity contribution >= 4 is 27.0 Å². The second kappa shape index (κ2) is 9.67. The summed E-state index contributed by atoms with van der Waals surface area (Å²) in [6, 6.07) is 7.08. The molecule has 0 N–H and O–H groups in total. The summed E-state index contributed by atoms with van der Waals surface area (Å²) in [5.41, 5.74) is 1.38. The van der Waals surface area contributed by atoms with Crippen molar-refractivity contribution in [1.82, 2.24) is 28.5 Å². The second-order valence-corrected chi connectivity index (χ2v) is 10.6. The molecule has 182 valence electrons. The molecule has 0 saturated carbocycles. The third-order valence-corrected chi connectivity index (χ3v) is 8.49. The SMILES string of the molecule is CC[C@H](C)c1ccc(S(=O)(=O)N2CCN(C(=O)CCn3cnc4c(cnn4C)c3=O)CC2)cc1. The number of hydrogen-bond acceptors (Lipinski definition) is 6. The van der Waals surface area contributed by atoms with Gasteiger partial charge in [-0.25, -0.2) is 13.4 Å². The number of sulfonamides is 1. The Hall–Kier alpha value is -3.05. The Morgan fingerprint density at radius 3 is 2.44 bits per heavy atom. The smallest absolute Gasteiger partial charge is 0.264 e.